The van der Waals surface area contributed by atoms with Gasteiger partial charge in [0.1, 0.15) is 12.4 Å². The maximum atomic E-state index is 12.4. The quantitative estimate of drug-likeness (QED) is 0.563. The van der Waals surface area contributed by atoms with Crippen LogP contribution in [0.1, 0.15) is 18.4 Å². The summed E-state index contributed by atoms with van der Waals surface area (Å²) < 4.78 is 5.68. The van der Waals surface area contributed by atoms with Crippen molar-refractivity contribution in [1.82, 2.24) is 20.2 Å². The summed E-state index contributed by atoms with van der Waals surface area (Å²) in [5.41, 5.74) is 5.04. The minimum atomic E-state index is -0.0268. The predicted molar refractivity (Wildman–Crippen MR) is 127 cm³/mol. The molecule has 2 aromatic carbocycles. The number of nitrogens with zero attached hydrogens (tertiary/aromatic N) is 3. The highest BCUT2D eigenvalue weighted by molar-refractivity contribution is 5.99. The van der Waals surface area contributed by atoms with Crippen LogP contribution in [0.2, 0.25) is 0 Å². The number of unbranched alkanes of at least 4 members (excludes halogenated alkanes) is 1. The third kappa shape index (κ3) is 4.48. The second-order valence-electron chi connectivity index (χ2n) is 8.36. The number of nitrogens with one attached hydrogen (secondary N) is 2. The second-order valence-corrected chi connectivity index (χ2v) is 8.36. The van der Waals surface area contributed by atoms with Gasteiger partial charge < -0.3 is 19.9 Å². The van der Waals surface area contributed by atoms with E-state index >= 15 is 0 Å². The molecule has 1 aromatic heterocycles. The fourth-order valence-electron chi connectivity index (χ4n) is 4.45. The molecular weight excluding hydrogens is 402 g/mol. The van der Waals surface area contributed by atoms with Gasteiger partial charge in [-0.15, -0.1) is 0 Å². The Hall–Kier alpha value is -3.32. The summed E-state index contributed by atoms with van der Waals surface area (Å²) in [6.07, 6.45) is 5.75. The predicted octanol–water partition coefficient (Wildman–Crippen LogP) is 3.06. The number of fused-ring (bicyclic) bond motifs is 2. The van der Waals surface area contributed by atoms with E-state index in [2.05, 4.69) is 37.2 Å². The maximum absolute atomic E-state index is 12.4. The largest absolute Gasteiger partial charge is 0.488 e. The lowest BCUT2D eigenvalue weighted by molar-refractivity contribution is -0.117. The van der Waals surface area contributed by atoms with Gasteiger partial charge in [0, 0.05) is 38.3 Å². The summed E-state index contributed by atoms with van der Waals surface area (Å²) in [6, 6.07) is 14.1. The monoisotopic (exact) mass is 431 g/mol. The molecule has 1 fully saturated rings. The lowest BCUT2D eigenvalue weighted by Gasteiger charge is -2.36. The SMILES string of the molecule is O=C(NCCCCN1CCN(c2cccc3nc[nH]c23)CC1)C1=Cc2ccccc2OC1. The molecule has 3 aromatic rings. The molecule has 166 valence electrons. The van der Waals surface area contributed by atoms with Gasteiger partial charge in [0.05, 0.1) is 28.6 Å². The van der Waals surface area contributed by atoms with Crippen LogP contribution in [0.5, 0.6) is 5.75 Å². The van der Waals surface area contributed by atoms with Crippen LogP contribution in [0, 0.1) is 0 Å². The highest BCUT2D eigenvalue weighted by Gasteiger charge is 2.19. The number of para-hydroxylation sites is 2. The Bertz CT molecular complexity index is 1110. The molecule has 7 nitrogen and oxygen atoms in total. The van der Waals surface area contributed by atoms with Crippen molar-refractivity contribution in [3.63, 3.8) is 0 Å². The Morgan fingerprint density at radius 3 is 2.84 bits per heavy atom. The number of hydrogen-bond acceptors (Lipinski definition) is 5. The first kappa shape index (κ1) is 20.6. The lowest BCUT2D eigenvalue weighted by Crippen LogP contribution is -2.46. The van der Waals surface area contributed by atoms with E-state index in [1.165, 1.54) is 5.69 Å². The third-order valence-electron chi connectivity index (χ3n) is 6.26. The summed E-state index contributed by atoms with van der Waals surface area (Å²) in [5.74, 6) is 0.812. The van der Waals surface area contributed by atoms with E-state index < -0.39 is 0 Å². The molecule has 0 atom stereocenters. The zero-order chi connectivity index (χ0) is 21.8. The number of anilines is 1. The number of aromatic nitrogens is 2. The van der Waals surface area contributed by atoms with Gasteiger partial charge in [-0.1, -0.05) is 24.3 Å². The van der Waals surface area contributed by atoms with Crippen LogP contribution >= 0.6 is 0 Å². The summed E-state index contributed by atoms with van der Waals surface area (Å²) in [7, 11) is 0. The Kier molecular flexibility index (Phi) is 6.07. The van der Waals surface area contributed by atoms with Crippen molar-refractivity contribution in [1.29, 1.82) is 0 Å². The standard InChI is InChI=1S/C25H29N5O2/c31-25(20-16-19-6-1-2-9-23(19)32-17-20)26-10-3-4-11-29-12-14-30(15-13-29)22-8-5-7-21-24(22)28-18-27-21/h1-2,5-9,16,18H,3-4,10-15,17H2,(H,26,31)(H,27,28). The Morgan fingerprint density at radius 2 is 1.94 bits per heavy atom. The van der Waals surface area contributed by atoms with E-state index in [9.17, 15) is 4.79 Å². The average Bonchev–Trinajstić information content (AvgIpc) is 3.33. The van der Waals surface area contributed by atoms with E-state index in [-0.39, 0.29) is 5.91 Å². The molecule has 7 heteroatoms. The van der Waals surface area contributed by atoms with E-state index in [1.54, 1.807) is 6.33 Å². The van der Waals surface area contributed by atoms with E-state index in [0.717, 1.165) is 67.9 Å². The number of piperazine rings is 1. The van der Waals surface area contributed by atoms with E-state index in [0.29, 0.717) is 18.7 Å². The van der Waals surface area contributed by atoms with Gasteiger partial charge in [-0.2, -0.15) is 0 Å². The van der Waals surface area contributed by atoms with Crippen LogP contribution in [-0.4, -0.2) is 66.7 Å². The van der Waals surface area contributed by atoms with Gasteiger partial charge in [0.2, 0.25) is 0 Å². The fraction of sp³-hybridized carbons (Fsp3) is 0.360. The first-order valence-electron chi connectivity index (χ1n) is 11.4. The van der Waals surface area contributed by atoms with Crippen LogP contribution in [0.3, 0.4) is 0 Å². The normalized spacial score (nSPS) is 16.4. The summed E-state index contributed by atoms with van der Waals surface area (Å²) in [4.78, 5) is 25.0. The summed E-state index contributed by atoms with van der Waals surface area (Å²) >= 11 is 0. The zero-order valence-corrected chi connectivity index (χ0v) is 18.2. The van der Waals surface area contributed by atoms with Crippen molar-refractivity contribution in [3.05, 3.63) is 59.9 Å². The van der Waals surface area contributed by atoms with Crippen molar-refractivity contribution >= 4 is 28.7 Å². The van der Waals surface area contributed by atoms with Crippen molar-refractivity contribution in [2.24, 2.45) is 0 Å². The topological polar surface area (TPSA) is 73.5 Å². The number of carbonyl (C=O) groups is 1. The third-order valence-corrected chi connectivity index (χ3v) is 6.26. The molecule has 0 spiro atoms. The van der Waals surface area contributed by atoms with Crippen LogP contribution in [-0.2, 0) is 4.79 Å². The minimum absolute atomic E-state index is 0.0268. The molecule has 0 saturated carbocycles. The average molecular weight is 432 g/mol. The Balaban J connectivity index is 1.02. The van der Waals surface area contributed by atoms with E-state index in [1.807, 2.05) is 36.4 Å². The molecule has 0 aliphatic carbocycles. The highest BCUT2D eigenvalue weighted by Crippen LogP contribution is 2.26. The molecule has 2 aliphatic rings. The molecule has 5 rings (SSSR count). The number of carbonyl (C=O) groups excluding carboxylic acids is 1. The van der Waals surface area contributed by atoms with Crippen LogP contribution in [0.15, 0.2) is 54.4 Å². The van der Waals surface area contributed by atoms with Gasteiger partial charge in [0.25, 0.3) is 5.91 Å². The number of benzene rings is 2. The Morgan fingerprint density at radius 1 is 1.06 bits per heavy atom. The number of amides is 1. The van der Waals surface area contributed by atoms with Gasteiger partial charge in [-0.3, -0.25) is 9.69 Å². The molecule has 2 aliphatic heterocycles. The molecule has 2 N–H and O–H groups in total. The number of H-pyrrole nitrogens is 1. The Labute approximate surface area is 188 Å². The number of aromatic amines is 1. The molecule has 1 saturated heterocycles. The van der Waals surface area contributed by atoms with Crippen LogP contribution < -0.4 is 15.0 Å². The van der Waals surface area contributed by atoms with Gasteiger partial charge in [-0.05, 0) is 43.7 Å². The summed E-state index contributed by atoms with van der Waals surface area (Å²) in [6.45, 7) is 6.24. The van der Waals surface area contributed by atoms with Crippen molar-refractivity contribution in [3.8, 4) is 5.75 Å². The first-order valence-corrected chi connectivity index (χ1v) is 11.4. The number of rotatable bonds is 7. The molecule has 0 radical (unpaired) electrons. The molecule has 0 unspecified atom stereocenters. The highest BCUT2D eigenvalue weighted by atomic mass is 16.5. The minimum Gasteiger partial charge on any atom is -0.488 e. The fourth-order valence-corrected chi connectivity index (χ4v) is 4.45. The van der Waals surface area contributed by atoms with Gasteiger partial charge in [0.15, 0.2) is 0 Å². The number of hydrogen-bond donors (Lipinski definition) is 2. The second kappa shape index (κ2) is 9.44. The zero-order valence-electron chi connectivity index (χ0n) is 18.2. The molecule has 0 bridgehead atoms. The van der Waals surface area contributed by atoms with Gasteiger partial charge in [-0.25, -0.2) is 4.98 Å². The molecule has 1 amide bonds. The van der Waals surface area contributed by atoms with Crippen molar-refractivity contribution in [2.45, 2.75) is 12.8 Å². The first-order chi connectivity index (χ1) is 15.8. The van der Waals surface area contributed by atoms with Crippen molar-refractivity contribution in [2.75, 3.05) is 50.8 Å². The van der Waals surface area contributed by atoms with E-state index in [4.69, 9.17) is 4.74 Å². The molecule has 32 heavy (non-hydrogen) atoms. The van der Waals surface area contributed by atoms with Gasteiger partial charge >= 0.3 is 0 Å². The molecular formula is C25H29N5O2. The lowest BCUT2D eigenvalue weighted by atomic mass is 10.1. The summed E-state index contributed by atoms with van der Waals surface area (Å²) in [5, 5.41) is 3.04. The maximum Gasteiger partial charge on any atom is 0.250 e. The number of imidazole rings is 1. The number of ether oxygens (including phenoxy) is 1. The van der Waals surface area contributed by atoms with Crippen LogP contribution in [0.4, 0.5) is 5.69 Å². The smallest absolute Gasteiger partial charge is 0.250 e. The van der Waals surface area contributed by atoms with Crippen molar-refractivity contribution < 1.29 is 9.53 Å². The molecule has 3 heterocycles. The van der Waals surface area contributed by atoms with Crippen LogP contribution in [0.25, 0.3) is 17.1 Å².